The number of fused-ring (bicyclic) bond motifs is 3. The van der Waals surface area contributed by atoms with E-state index >= 15 is 0 Å². The zero-order chi connectivity index (χ0) is 35.0. The van der Waals surface area contributed by atoms with Crippen molar-refractivity contribution in [2.75, 3.05) is 0 Å². The first-order chi connectivity index (χ1) is 23.2. The summed E-state index contributed by atoms with van der Waals surface area (Å²) in [7, 11) is -1.23. The number of benzene rings is 4. The van der Waals surface area contributed by atoms with Crippen LogP contribution in [-0.4, -0.2) is 18.0 Å². The van der Waals surface area contributed by atoms with Crippen LogP contribution < -0.4 is 5.19 Å². The molecule has 7 rings (SSSR count). The molecule has 5 heteroatoms. The molecule has 0 aliphatic carbocycles. The van der Waals surface area contributed by atoms with Gasteiger partial charge in [0.25, 0.3) is 0 Å². The monoisotopic (exact) mass is 841 g/mol. The molecule has 0 aliphatic heterocycles. The van der Waals surface area contributed by atoms with Gasteiger partial charge in [-0.2, -0.15) is 11.3 Å². The number of hydrogen-bond acceptors (Lipinski definition) is 3. The van der Waals surface area contributed by atoms with Crippen molar-refractivity contribution in [1.29, 1.82) is 0 Å². The molecule has 0 bridgehead atoms. The van der Waals surface area contributed by atoms with Crippen LogP contribution in [0.25, 0.3) is 53.8 Å². The molecule has 0 N–H and O–H groups in total. The molecule has 245 valence electrons. The Labute approximate surface area is 307 Å². The molecule has 3 aromatic heterocycles. The summed E-state index contributed by atoms with van der Waals surface area (Å²) in [5.41, 5.74) is 8.08. The second kappa shape index (κ2) is 15.2. The van der Waals surface area contributed by atoms with E-state index in [4.69, 9.17) is 2.74 Å². The summed E-state index contributed by atoms with van der Waals surface area (Å²) in [4.78, 5) is 9.19. The van der Waals surface area contributed by atoms with Gasteiger partial charge in [0.1, 0.15) is 0 Å². The maximum atomic E-state index is 8.73. The number of hydrogen-bond donors (Lipinski definition) is 0. The molecule has 0 fully saturated rings. The molecular formula is C43H42IrN2SSi-2. The van der Waals surface area contributed by atoms with Crippen LogP contribution in [0.5, 0.6) is 0 Å². The molecule has 0 saturated carbocycles. The quantitative estimate of drug-likeness (QED) is 0.123. The Morgan fingerprint density at radius 2 is 1.52 bits per heavy atom. The van der Waals surface area contributed by atoms with E-state index in [0.717, 1.165) is 54.2 Å². The molecule has 1 radical (unpaired) electrons. The Balaban J connectivity index is 0.000000241. The molecule has 0 saturated heterocycles. The molecular weight excluding hydrogens is 797 g/mol. The number of aromatic nitrogens is 2. The van der Waals surface area contributed by atoms with Crippen molar-refractivity contribution >= 4 is 44.8 Å². The summed E-state index contributed by atoms with van der Waals surface area (Å²) < 4.78 is 19.5. The third kappa shape index (κ3) is 7.61. The first-order valence-electron chi connectivity index (χ1n) is 17.1. The third-order valence-corrected chi connectivity index (χ3v) is 11.7. The standard InChI is InChI=1S/C29H26NS.C14H16NSi.Ir/c1-18(2)21-15-16-30-26(17-21)24-14-13-23(20-9-6-5-7-10-20)27-25-12-8-11-22(19(3)4)28(25)31-29(24)27;1-16(2,3)13-9-10-14(15-11-13)12-7-5-4-6-8-12;/h5-13,15-19H,1-4H3;4-7,9-11H,1-3H3;/q2*-1;/i18D,19D;;. The van der Waals surface area contributed by atoms with Gasteiger partial charge in [-0.15, -0.1) is 53.6 Å². The van der Waals surface area contributed by atoms with E-state index in [9.17, 15) is 0 Å². The second-order valence-corrected chi connectivity index (χ2v) is 19.4. The maximum absolute atomic E-state index is 8.73. The minimum absolute atomic E-state index is 0. The van der Waals surface area contributed by atoms with Crippen LogP contribution in [0.15, 0.2) is 116 Å². The van der Waals surface area contributed by atoms with E-state index in [1.54, 1.807) is 17.5 Å². The first-order valence-corrected chi connectivity index (χ1v) is 20.4. The SMILES string of the molecule is C[Si](C)(C)c1ccc(-c2[c-]cccc2)nc1.[2H]C(C)(C)c1ccnc(-c2[c-]cc(-c3ccccc3)c3c2sc2c(C([2H])(C)C)cccc23)c1.[Ir]. The van der Waals surface area contributed by atoms with Crippen LogP contribution in [0.3, 0.4) is 0 Å². The van der Waals surface area contributed by atoms with Gasteiger partial charge in [-0.25, -0.2) is 0 Å². The fraction of sp³-hybridized carbons (Fsp3) is 0.209. The predicted molar refractivity (Wildman–Crippen MR) is 207 cm³/mol. The second-order valence-electron chi connectivity index (χ2n) is 13.3. The van der Waals surface area contributed by atoms with E-state index in [0.29, 0.717) is 0 Å². The minimum Gasteiger partial charge on any atom is -0.305 e. The van der Waals surface area contributed by atoms with Crippen molar-refractivity contribution in [2.24, 2.45) is 0 Å². The average Bonchev–Trinajstić information content (AvgIpc) is 3.48. The van der Waals surface area contributed by atoms with Crippen LogP contribution in [0.4, 0.5) is 0 Å². The smallest absolute Gasteiger partial charge is 0.0795 e. The summed E-state index contributed by atoms with van der Waals surface area (Å²) in [5, 5.41) is 3.74. The van der Waals surface area contributed by atoms with Crippen molar-refractivity contribution in [3.05, 3.63) is 139 Å². The number of thiophene rings is 1. The van der Waals surface area contributed by atoms with E-state index in [1.807, 2.05) is 76.4 Å². The van der Waals surface area contributed by atoms with Gasteiger partial charge in [-0.3, -0.25) is 0 Å². The molecule has 0 unspecified atom stereocenters. The number of pyridine rings is 2. The topological polar surface area (TPSA) is 25.8 Å². The van der Waals surface area contributed by atoms with Crippen LogP contribution >= 0.6 is 11.3 Å². The largest absolute Gasteiger partial charge is 0.305 e. The summed E-state index contributed by atoms with van der Waals surface area (Å²) >= 11 is 1.72. The van der Waals surface area contributed by atoms with Crippen LogP contribution in [0.2, 0.25) is 19.6 Å². The molecule has 2 nitrogen and oxygen atoms in total. The van der Waals surface area contributed by atoms with Gasteiger partial charge >= 0.3 is 0 Å². The fourth-order valence-corrected chi connectivity index (χ4v) is 8.19. The van der Waals surface area contributed by atoms with Crippen LogP contribution in [-0.2, 0) is 20.1 Å². The predicted octanol–water partition coefficient (Wildman–Crippen LogP) is 11.9. The maximum Gasteiger partial charge on any atom is 0.0795 e. The fourth-order valence-electron chi connectivity index (χ4n) is 5.70. The normalized spacial score (nSPS) is 12.5. The summed E-state index contributed by atoms with van der Waals surface area (Å²) in [6, 6.07) is 41.7. The zero-order valence-corrected chi connectivity index (χ0v) is 32.8. The molecule has 0 spiro atoms. The summed E-state index contributed by atoms with van der Waals surface area (Å²) in [6.45, 7) is 14.7. The summed E-state index contributed by atoms with van der Waals surface area (Å²) in [6.07, 6.45) is 3.81. The van der Waals surface area contributed by atoms with E-state index in [2.05, 4.69) is 102 Å². The zero-order valence-electron chi connectivity index (χ0n) is 30.6. The minimum atomic E-state index is -1.23. The number of nitrogens with zero attached hydrogens (tertiary/aromatic N) is 2. The van der Waals surface area contributed by atoms with Gasteiger partial charge < -0.3 is 9.97 Å². The molecule has 0 amide bonds. The average molecular weight is 841 g/mol. The Morgan fingerprint density at radius 1 is 0.750 bits per heavy atom. The number of rotatable bonds is 6. The molecule has 0 aliphatic rings. The van der Waals surface area contributed by atoms with Crippen molar-refractivity contribution < 1.29 is 22.8 Å². The van der Waals surface area contributed by atoms with Gasteiger partial charge in [-0.05, 0) is 50.1 Å². The van der Waals surface area contributed by atoms with Gasteiger partial charge in [-0.1, -0.05) is 136 Å². The Hall–Kier alpha value is -3.73. The van der Waals surface area contributed by atoms with Gasteiger partial charge in [0, 0.05) is 39.9 Å². The molecule has 4 aromatic carbocycles. The first kappa shape index (κ1) is 32.8. The van der Waals surface area contributed by atoms with Crippen molar-refractivity contribution in [2.45, 2.75) is 59.1 Å². The van der Waals surface area contributed by atoms with E-state index in [-0.39, 0.29) is 20.1 Å². The summed E-state index contributed by atoms with van der Waals surface area (Å²) in [5.74, 6) is -1.41. The van der Waals surface area contributed by atoms with E-state index in [1.165, 1.54) is 16.0 Å². The van der Waals surface area contributed by atoms with Crippen molar-refractivity contribution in [3.63, 3.8) is 0 Å². The van der Waals surface area contributed by atoms with Crippen molar-refractivity contribution in [3.8, 4) is 33.6 Å². The molecule has 0 atom stereocenters. The Bertz CT molecular complexity index is 2220. The van der Waals surface area contributed by atoms with Gasteiger partial charge in [0.15, 0.2) is 0 Å². The van der Waals surface area contributed by atoms with Crippen molar-refractivity contribution in [1.82, 2.24) is 9.97 Å². The van der Waals surface area contributed by atoms with Gasteiger partial charge in [0.05, 0.1) is 8.07 Å². The van der Waals surface area contributed by atoms with Gasteiger partial charge in [0.2, 0.25) is 0 Å². The van der Waals surface area contributed by atoms with Crippen LogP contribution in [0.1, 0.15) is 53.4 Å². The molecule has 7 aromatic rings. The molecule has 48 heavy (non-hydrogen) atoms. The Kier molecular flexibility index (Phi) is 10.4. The molecule has 3 heterocycles. The van der Waals surface area contributed by atoms with E-state index < -0.39 is 19.9 Å². The Morgan fingerprint density at radius 3 is 2.17 bits per heavy atom. The third-order valence-electron chi connectivity index (χ3n) is 8.40. The van der Waals surface area contributed by atoms with Crippen LogP contribution in [0, 0.1) is 12.1 Å².